The van der Waals surface area contributed by atoms with Crippen molar-refractivity contribution in [3.05, 3.63) is 35.4 Å². The van der Waals surface area contributed by atoms with Crippen LogP contribution in [0, 0.1) is 22.7 Å². The van der Waals surface area contributed by atoms with Crippen LogP contribution in [0.3, 0.4) is 0 Å². The normalized spacial score (nSPS) is 14.5. The molecule has 0 aromatic heterocycles. The lowest BCUT2D eigenvalue weighted by atomic mass is 10.1. The molecule has 1 aliphatic rings. The summed E-state index contributed by atoms with van der Waals surface area (Å²) < 4.78 is 11.3. The van der Waals surface area contributed by atoms with E-state index in [1.165, 1.54) is 6.08 Å². The molecule has 0 bridgehead atoms. The molecule has 7 nitrogen and oxygen atoms in total. The summed E-state index contributed by atoms with van der Waals surface area (Å²) in [5, 5.41) is 17.8. The first-order valence-corrected chi connectivity index (χ1v) is 9.26. The van der Waals surface area contributed by atoms with E-state index in [0.29, 0.717) is 31.0 Å². The Morgan fingerprint density at radius 3 is 2.39 bits per heavy atom. The van der Waals surface area contributed by atoms with E-state index >= 15 is 0 Å². The van der Waals surface area contributed by atoms with Crippen molar-refractivity contribution in [2.45, 2.75) is 26.4 Å². The summed E-state index contributed by atoms with van der Waals surface area (Å²) in [6, 6.07) is 11.0. The van der Waals surface area contributed by atoms with Gasteiger partial charge in [-0.3, -0.25) is 4.90 Å². The number of hydrogen-bond acceptors (Lipinski definition) is 6. The van der Waals surface area contributed by atoms with E-state index < -0.39 is 5.60 Å². The quantitative estimate of drug-likeness (QED) is 0.727. The fraction of sp³-hybridized carbons (Fsp3) is 0.476. The number of ether oxygens (including phenoxy) is 2. The van der Waals surface area contributed by atoms with Crippen LogP contribution in [0.1, 0.15) is 26.3 Å². The van der Waals surface area contributed by atoms with Crippen LogP contribution in [0.2, 0.25) is 0 Å². The van der Waals surface area contributed by atoms with Crippen LogP contribution in [0.15, 0.2) is 29.8 Å². The Kier molecular flexibility index (Phi) is 7.43. The SMILES string of the molecule is CC(C)(C)OC(=O)N1CCN(CCOc2ccccc2C=C(C#N)C#N)CC1. The standard InChI is InChI=1S/C21H26N4O3/c1-21(2,3)28-20(26)25-10-8-24(9-11-25)12-13-27-19-7-5-4-6-18(19)14-17(15-22)16-23/h4-7,14H,8-13H2,1-3H3. The summed E-state index contributed by atoms with van der Waals surface area (Å²) in [5.74, 6) is 0.637. The number of carbonyl (C=O) groups is 1. The first-order valence-electron chi connectivity index (χ1n) is 9.26. The molecule has 0 aliphatic carbocycles. The van der Waals surface area contributed by atoms with Crippen molar-refractivity contribution in [3.8, 4) is 17.9 Å². The molecule has 1 aliphatic heterocycles. The highest BCUT2D eigenvalue weighted by Gasteiger charge is 2.25. The van der Waals surface area contributed by atoms with Crippen molar-refractivity contribution < 1.29 is 14.3 Å². The maximum Gasteiger partial charge on any atom is 0.410 e. The van der Waals surface area contributed by atoms with Crippen LogP contribution in [0.5, 0.6) is 5.75 Å². The molecule has 1 aromatic carbocycles. The van der Waals surface area contributed by atoms with Crippen LogP contribution in [0.4, 0.5) is 4.79 Å². The Morgan fingerprint density at radius 2 is 1.79 bits per heavy atom. The van der Waals surface area contributed by atoms with E-state index in [1.54, 1.807) is 4.90 Å². The number of carbonyl (C=O) groups excluding carboxylic acids is 1. The largest absolute Gasteiger partial charge is 0.492 e. The number of piperazine rings is 1. The van der Waals surface area contributed by atoms with Gasteiger partial charge in [-0.2, -0.15) is 10.5 Å². The Bertz CT molecular complexity index is 775. The van der Waals surface area contributed by atoms with Crippen LogP contribution in [-0.2, 0) is 4.74 Å². The maximum absolute atomic E-state index is 12.1. The van der Waals surface area contributed by atoms with Crippen molar-refractivity contribution in [1.29, 1.82) is 10.5 Å². The highest BCUT2D eigenvalue weighted by Crippen LogP contribution is 2.21. The smallest absolute Gasteiger partial charge is 0.410 e. The molecule has 0 N–H and O–H groups in total. The molecule has 148 valence electrons. The fourth-order valence-electron chi connectivity index (χ4n) is 2.74. The number of allylic oxidation sites excluding steroid dienone is 1. The molecule has 0 atom stereocenters. The number of nitrogens with zero attached hydrogens (tertiary/aromatic N) is 4. The molecule has 7 heteroatoms. The van der Waals surface area contributed by atoms with Gasteiger partial charge in [0.05, 0.1) is 0 Å². The van der Waals surface area contributed by atoms with Crippen molar-refractivity contribution in [3.63, 3.8) is 0 Å². The molecule has 1 saturated heterocycles. The van der Waals surface area contributed by atoms with Crippen molar-refractivity contribution in [1.82, 2.24) is 9.80 Å². The Hall–Kier alpha value is -3.03. The number of amides is 1. The summed E-state index contributed by atoms with van der Waals surface area (Å²) in [4.78, 5) is 16.1. The number of rotatable bonds is 5. The molecule has 0 saturated carbocycles. The molecule has 0 unspecified atom stereocenters. The van der Waals surface area contributed by atoms with Gasteiger partial charge in [0.25, 0.3) is 0 Å². The lowest BCUT2D eigenvalue weighted by Crippen LogP contribution is -2.50. The summed E-state index contributed by atoms with van der Waals surface area (Å²) in [6.07, 6.45) is 1.25. The average Bonchev–Trinajstić information content (AvgIpc) is 2.66. The van der Waals surface area contributed by atoms with E-state index in [1.807, 2.05) is 57.2 Å². The monoisotopic (exact) mass is 382 g/mol. The molecule has 1 heterocycles. The third-order valence-corrected chi connectivity index (χ3v) is 4.15. The van der Waals surface area contributed by atoms with Gasteiger partial charge < -0.3 is 14.4 Å². The third kappa shape index (κ3) is 6.61. The number of hydrogen-bond donors (Lipinski definition) is 0. The van der Waals surface area contributed by atoms with Gasteiger partial charge in [0.15, 0.2) is 0 Å². The highest BCUT2D eigenvalue weighted by molar-refractivity contribution is 5.68. The predicted octanol–water partition coefficient (Wildman–Crippen LogP) is 3.05. The highest BCUT2D eigenvalue weighted by atomic mass is 16.6. The van der Waals surface area contributed by atoms with Gasteiger partial charge in [0, 0.05) is 38.3 Å². The van der Waals surface area contributed by atoms with Gasteiger partial charge in [-0.15, -0.1) is 0 Å². The number of benzene rings is 1. The lowest BCUT2D eigenvalue weighted by molar-refractivity contribution is 0.0137. The molecule has 0 spiro atoms. The molecule has 1 aromatic rings. The topological polar surface area (TPSA) is 89.6 Å². The lowest BCUT2D eigenvalue weighted by Gasteiger charge is -2.35. The van der Waals surface area contributed by atoms with Crippen molar-refractivity contribution >= 4 is 12.2 Å². The molecule has 28 heavy (non-hydrogen) atoms. The molecular formula is C21H26N4O3. The van der Waals surface area contributed by atoms with Gasteiger partial charge in [0.2, 0.25) is 0 Å². The van der Waals surface area contributed by atoms with Crippen LogP contribution >= 0.6 is 0 Å². The molecular weight excluding hydrogens is 356 g/mol. The number of nitriles is 2. The van der Waals surface area contributed by atoms with Crippen molar-refractivity contribution in [2.75, 3.05) is 39.3 Å². The van der Waals surface area contributed by atoms with Gasteiger partial charge in [-0.25, -0.2) is 4.79 Å². The molecule has 1 amide bonds. The van der Waals surface area contributed by atoms with E-state index in [2.05, 4.69) is 4.90 Å². The van der Waals surface area contributed by atoms with E-state index in [-0.39, 0.29) is 11.7 Å². The molecule has 2 rings (SSSR count). The summed E-state index contributed by atoms with van der Waals surface area (Å²) in [6.45, 7) is 9.57. The minimum absolute atomic E-state index is 0.0364. The summed E-state index contributed by atoms with van der Waals surface area (Å²) >= 11 is 0. The Balaban J connectivity index is 1.82. The van der Waals surface area contributed by atoms with Crippen molar-refractivity contribution in [2.24, 2.45) is 0 Å². The minimum atomic E-state index is -0.485. The van der Waals surface area contributed by atoms with E-state index in [0.717, 1.165) is 19.6 Å². The van der Waals surface area contributed by atoms with Crippen LogP contribution < -0.4 is 4.74 Å². The first kappa shape index (κ1) is 21.3. The Morgan fingerprint density at radius 1 is 1.14 bits per heavy atom. The van der Waals surface area contributed by atoms with Gasteiger partial charge >= 0.3 is 6.09 Å². The molecule has 0 radical (unpaired) electrons. The third-order valence-electron chi connectivity index (χ3n) is 4.15. The zero-order valence-corrected chi connectivity index (χ0v) is 16.6. The second-order valence-electron chi connectivity index (χ2n) is 7.48. The second-order valence-corrected chi connectivity index (χ2v) is 7.48. The first-order chi connectivity index (χ1) is 13.3. The van der Waals surface area contributed by atoms with Crippen LogP contribution in [-0.4, -0.2) is 60.8 Å². The minimum Gasteiger partial charge on any atom is -0.492 e. The Labute approximate surface area is 166 Å². The number of para-hydroxylation sites is 1. The van der Waals surface area contributed by atoms with Gasteiger partial charge in [0.1, 0.15) is 35.7 Å². The fourth-order valence-corrected chi connectivity index (χ4v) is 2.74. The molecule has 1 fully saturated rings. The van der Waals surface area contributed by atoms with Gasteiger partial charge in [-0.05, 0) is 32.9 Å². The second kappa shape index (κ2) is 9.77. The summed E-state index contributed by atoms with van der Waals surface area (Å²) in [5.41, 5.74) is 0.255. The van der Waals surface area contributed by atoms with E-state index in [9.17, 15) is 4.79 Å². The zero-order valence-electron chi connectivity index (χ0n) is 16.6. The zero-order chi connectivity index (χ0) is 20.6. The van der Waals surface area contributed by atoms with E-state index in [4.69, 9.17) is 20.0 Å². The summed E-state index contributed by atoms with van der Waals surface area (Å²) in [7, 11) is 0. The maximum atomic E-state index is 12.1. The average molecular weight is 382 g/mol. The van der Waals surface area contributed by atoms with Crippen LogP contribution in [0.25, 0.3) is 6.08 Å². The predicted molar refractivity (Wildman–Crippen MR) is 105 cm³/mol. The van der Waals surface area contributed by atoms with Gasteiger partial charge in [-0.1, -0.05) is 18.2 Å².